The molecule has 4 heteroatoms. The summed E-state index contributed by atoms with van der Waals surface area (Å²) in [6.07, 6.45) is 0. The Morgan fingerprint density at radius 1 is 1.20 bits per heavy atom. The summed E-state index contributed by atoms with van der Waals surface area (Å²) in [5, 5.41) is 0.744. The van der Waals surface area contributed by atoms with Crippen molar-refractivity contribution in [3.8, 4) is 5.75 Å². The van der Waals surface area contributed by atoms with E-state index in [2.05, 4.69) is 11.0 Å². The van der Waals surface area contributed by atoms with Gasteiger partial charge in [0.05, 0.1) is 7.11 Å². The Morgan fingerprint density at radius 3 is 2.75 bits per heavy atom. The van der Waals surface area contributed by atoms with Gasteiger partial charge in [0, 0.05) is 35.9 Å². The summed E-state index contributed by atoms with van der Waals surface area (Å²) in [7, 11) is 1.67. The van der Waals surface area contributed by atoms with Crippen LogP contribution in [0.4, 0.5) is 5.69 Å². The molecule has 0 bridgehead atoms. The van der Waals surface area contributed by atoms with Crippen molar-refractivity contribution in [3.05, 3.63) is 58.1 Å². The van der Waals surface area contributed by atoms with Crippen LogP contribution in [0.2, 0.25) is 5.02 Å². The molecule has 1 heterocycles. The first-order valence-corrected chi connectivity index (χ1v) is 6.97. The maximum absolute atomic E-state index is 6.30. The number of hydrogen-bond donors (Lipinski definition) is 1. The second kappa shape index (κ2) is 5.35. The van der Waals surface area contributed by atoms with Crippen LogP contribution in [0.3, 0.4) is 0 Å². The number of anilines is 1. The van der Waals surface area contributed by atoms with Crippen LogP contribution in [-0.2, 0) is 19.6 Å². The van der Waals surface area contributed by atoms with Gasteiger partial charge in [0.2, 0.25) is 0 Å². The summed E-state index contributed by atoms with van der Waals surface area (Å²) in [6.45, 7) is 2.52. The van der Waals surface area contributed by atoms with E-state index in [4.69, 9.17) is 22.1 Å². The van der Waals surface area contributed by atoms with Gasteiger partial charge in [0.1, 0.15) is 5.75 Å². The van der Waals surface area contributed by atoms with Gasteiger partial charge in [-0.2, -0.15) is 0 Å². The molecule has 3 nitrogen and oxygen atoms in total. The van der Waals surface area contributed by atoms with Crippen molar-refractivity contribution < 1.29 is 4.74 Å². The van der Waals surface area contributed by atoms with E-state index in [0.717, 1.165) is 41.7 Å². The molecule has 20 heavy (non-hydrogen) atoms. The molecule has 0 radical (unpaired) electrons. The smallest absolute Gasteiger partial charge is 0.124 e. The Bertz CT molecular complexity index is 642. The van der Waals surface area contributed by atoms with E-state index in [-0.39, 0.29) is 0 Å². The molecular formula is C16H17ClN2O. The zero-order valence-electron chi connectivity index (χ0n) is 11.4. The zero-order valence-corrected chi connectivity index (χ0v) is 12.2. The lowest BCUT2D eigenvalue weighted by Crippen LogP contribution is -2.16. The Kier molecular flexibility index (Phi) is 3.55. The molecule has 0 spiro atoms. The van der Waals surface area contributed by atoms with Crippen LogP contribution in [-0.4, -0.2) is 12.0 Å². The average molecular weight is 289 g/mol. The van der Waals surface area contributed by atoms with E-state index in [1.807, 2.05) is 30.3 Å². The highest BCUT2D eigenvalue weighted by atomic mass is 35.5. The second-order valence-electron chi connectivity index (χ2n) is 5.05. The maximum Gasteiger partial charge on any atom is 0.124 e. The fourth-order valence-electron chi connectivity index (χ4n) is 2.73. The number of benzene rings is 2. The molecule has 0 saturated heterocycles. The Balaban J connectivity index is 1.84. The first-order chi connectivity index (χ1) is 9.69. The van der Waals surface area contributed by atoms with Crippen molar-refractivity contribution in [2.24, 2.45) is 0 Å². The van der Waals surface area contributed by atoms with Crippen LogP contribution in [0, 0.1) is 0 Å². The van der Waals surface area contributed by atoms with Gasteiger partial charge in [-0.25, -0.2) is 0 Å². The predicted molar refractivity (Wildman–Crippen MR) is 81.8 cm³/mol. The number of nitrogens with two attached hydrogens (primary N) is 1. The summed E-state index contributed by atoms with van der Waals surface area (Å²) in [5.41, 5.74) is 10.5. The van der Waals surface area contributed by atoms with Gasteiger partial charge >= 0.3 is 0 Å². The third-order valence-electron chi connectivity index (χ3n) is 3.76. The number of rotatable bonds is 3. The number of methoxy groups -OCH3 is 1. The van der Waals surface area contributed by atoms with Crippen LogP contribution < -0.4 is 10.5 Å². The van der Waals surface area contributed by atoms with Gasteiger partial charge in [-0.15, -0.1) is 0 Å². The number of ether oxygens (including phenoxy) is 1. The Morgan fingerprint density at radius 2 is 2.00 bits per heavy atom. The van der Waals surface area contributed by atoms with Crippen LogP contribution in [0.25, 0.3) is 0 Å². The number of fused-ring (bicyclic) bond motifs is 1. The molecule has 104 valence electrons. The highest BCUT2D eigenvalue weighted by Crippen LogP contribution is 2.32. The predicted octanol–water partition coefficient (Wildman–Crippen LogP) is 3.45. The van der Waals surface area contributed by atoms with Crippen LogP contribution >= 0.6 is 11.6 Å². The molecule has 0 atom stereocenters. The molecule has 3 rings (SSSR count). The Labute approximate surface area is 123 Å². The largest absolute Gasteiger partial charge is 0.496 e. The third-order valence-corrected chi connectivity index (χ3v) is 4.12. The van der Waals surface area contributed by atoms with Crippen molar-refractivity contribution >= 4 is 17.3 Å². The quantitative estimate of drug-likeness (QED) is 0.879. The van der Waals surface area contributed by atoms with E-state index in [9.17, 15) is 0 Å². The van der Waals surface area contributed by atoms with Crippen molar-refractivity contribution in [1.82, 2.24) is 4.90 Å². The molecule has 0 aromatic heterocycles. The normalized spacial score (nSPS) is 14.3. The van der Waals surface area contributed by atoms with Crippen molar-refractivity contribution in [2.75, 3.05) is 12.8 Å². The lowest BCUT2D eigenvalue weighted by atomic mass is 10.1. The Hall–Kier alpha value is -1.71. The molecule has 0 saturated carbocycles. The molecule has 2 N–H and O–H groups in total. The van der Waals surface area contributed by atoms with Gasteiger partial charge in [0.25, 0.3) is 0 Å². The van der Waals surface area contributed by atoms with E-state index in [0.29, 0.717) is 0 Å². The maximum atomic E-state index is 6.30. The van der Waals surface area contributed by atoms with E-state index < -0.39 is 0 Å². The molecule has 2 aromatic rings. The lowest BCUT2D eigenvalue weighted by molar-refractivity contribution is 0.270. The summed E-state index contributed by atoms with van der Waals surface area (Å²) >= 11 is 6.30. The van der Waals surface area contributed by atoms with Crippen molar-refractivity contribution in [1.29, 1.82) is 0 Å². The van der Waals surface area contributed by atoms with Crippen molar-refractivity contribution in [3.63, 3.8) is 0 Å². The molecule has 1 aliphatic heterocycles. The number of nitrogen functional groups attached to an aromatic ring is 1. The first-order valence-electron chi connectivity index (χ1n) is 6.59. The van der Waals surface area contributed by atoms with Crippen molar-refractivity contribution in [2.45, 2.75) is 19.6 Å². The molecule has 0 aliphatic carbocycles. The highest BCUT2D eigenvalue weighted by Gasteiger charge is 2.22. The molecule has 2 aromatic carbocycles. The monoisotopic (exact) mass is 288 g/mol. The molecule has 1 aliphatic rings. The van der Waals surface area contributed by atoms with Gasteiger partial charge in [-0.05, 0) is 29.3 Å². The van der Waals surface area contributed by atoms with Gasteiger partial charge in [-0.1, -0.05) is 29.8 Å². The summed E-state index contributed by atoms with van der Waals surface area (Å²) in [5.74, 6) is 0.835. The minimum atomic E-state index is 0.744. The SMILES string of the molecule is COc1cccc(Cl)c1CN1Cc2cccc(N)c2C1. The van der Waals surface area contributed by atoms with Crippen LogP contribution in [0.15, 0.2) is 36.4 Å². The third kappa shape index (κ3) is 2.35. The van der Waals surface area contributed by atoms with Crippen LogP contribution in [0.5, 0.6) is 5.75 Å². The summed E-state index contributed by atoms with van der Waals surface area (Å²) < 4.78 is 5.40. The van der Waals surface area contributed by atoms with Crippen LogP contribution in [0.1, 0.15) is 16.7 Å². The minimum Gasteiger partial charge on any atom is -0.496 e. The second-order valence-corrected chi connectivity index (χ2v) is 5.46. The molecule has 0 fully saturated rings. The van der Waals surface area contributed by atoms with Gasteiger partial charge in [0.15, 0.2) is 0 Å². The van der Waals surface area contributed by atoms with E-state index in [1.165, 1.54) is 11.1 Å². The minimum absolute atomic E-state index is 0.744. The zero-order chi connectivity index (χ0) is 14.1. The van der Waals surface area contributed by atoms with E-state index >= 15 is 0 Å². The van der Waals surface area contributed by atoms with Gasteiger partial charge < -0.3 is 10.5 Å². The summed E-state index contributed by atoms with van der Waals surface area (Å²) in [4.78, 5) is 2.32. The standard InChI is InChI=1S/C16H17ClN2O/c1-20-16-7-3-5-14(17)13(16)10-19-8-11-4-2-6-15(18)12(11)9-19/h2-7H,8-10,18H2,1H3. The van der Waals surface area contributed by atoms with Gasteiger partial charge in [-0.3, -0.25) is 4.90 Å². The molecular weight excluding hydrogens is 272 g/mol. The number of hydrogen-bond acceptors (Lipinski definition) is 3. The van der Waals surface area contributed by atoms with E-state index in [1.54, 1.807) is 7.11 Å². The molecule has 0 amide bonds. The summed E-state index contributed by atoms with van der Waals surface area (Å²) in [6, 6.07) is 11.8. The fraction of sp³-hybridized carbons (Fsp3) is 0.250. The molecule has 0 unspecified atom stereocenters. The number of halogens is 1. The highest BCUT2D eigenvalue weighted by molar-refractivity contribution is 6.31. The number of nitrogens with zero attached hydrogens (tertiary/aromatic N) is 1. The average Bonchev–Trinajstić information content (AvgIpc) is 2.85. The topological polar surface area (TPSA) is 38.5 Å². The lowest BCUT2D eigenvalue weighted by Gasteiger charge is -2.18. The first kappa shape index (κ1) is 13.3. The fourth-order valence-corrected chi connectivity index (χ4v) is 2.96.